The molecule has 0 aromatic heterocycles. The van der Waals surface area contributed by atoms with Gasteiger partial charge in [-0.2, -0.15) is 0 Å². The van der Waals surface area contributed by atoms with Crippen LogP contribution in [0.1, 0.15) is 22.8 Å². The topological polar surface area (TPSA) is 32.8 Å². The van der Waals surface area contributed by atoms with Crippen LogP contribution in [0.5, 0.6) is 0 Å². The highest BCUT2D eigenvalue weighted by Gasteiger charge is 2.14. The van der Waals surface area contributed by atoms with E-state index >= 15 is 0 Å². The van der Waals surface area contributed by atoms with Crippen LogP contribution < -0.4 is 0 Å². The van der Waals surface area contributed by atoms with Crippen molar-refractivity contribution in [3.63, 3.8) is 0 Å². The first-order valence-electron chi connectivity index (χ1n) is 8.93. The van der Waals surface area contributed by atoms with Crippen LogP contribution in [0.4, 0.5) is 0 Å². The van der Waals surface area contributed by atoms with Crippen molar-refractivity contribution < 1.29 is 9.53 Å². The van der Waals surface area contributed by atoms with E-state index in [-0.39, 0.29) is 5.97 Å². The first-order chi connectivity index (χ1) is 12.2. The Morgan fingerprint density at radius 1 is 1.00 bits per heavy atom. The molecular formula is C21H26N2O2. The molecule has 0 saturated carbocycles. The molecule has 2 aromatic carbocycles. The molecule has 1 aliphatic rings. The van der Waals surface area contributed by atoms with Crippen molar-refractivity contribution >= 4 is 5.97 Å². The summed E-state index contributed by atoms with van der Waals surface area (Å²) in [6.07, 6.45) is 0. The van der Waals surface area contributed by atoms with Crippen LogP contribution in [0.3, 0.4) is 0 Å². The molecule has 1 fully saturated rings. The van der Waals surface area contributed by atoms with Crippen LogP contribution in [0.15, 0.2) is 48.5 Å². The van der Waals surface area contributed by atoms with Crippen LogP contribution in [0.2, 0.25) is 0 Å². The zero-order valence-corrected chi connectivity index (χ0v) is 15.1. The summed E-state index contributed by atoms with van der Waals surface area (Å²) in [6, 6.07) is 16.3. The quantitative estimate of drug-likeness (QED) is 0.783. The van der Waals surface area contributed by atoms with Crippen LogP contribution in [-0.2, 0) is 11.3 Å². The molecule has 0 amide bonds. The number of benzene rings is 2. The third-order valence-electron chi connectivity index (χ3n) is 4.66. The molecule has 0 unspecified atom stereocenters. The zero-order valence-electron chi connectivity index (χ0n) is 15.1. The van der Waals surface area contributed by atoms with Gasteiger partial charge in [0, 0.05) is 32.7 Å². The van der Waals surface area contributed by atoms with Crippen molar-refractivity contribution in [2.75, 3.05) is 39.8 Å². The second-order valence-corrected chi connectivity index (χ2v) is 6.58. The average molecular weight is 338 g/mol. The van der Waals surface area contributed by atoms with E-state index in [1.54, 1.807) is 6.07 Å². The molecule has 132 valence electrons. The normalized spacial score (nSPS) is 15.9. The lowest BCUT2D eigenvalue weighted by molar-refractivity contribution is 0.0526. The van der Waals surface area contributed by atoms with Gasteiger partial charge in [-0.05, 0) is 42.8 Å². The van der Waals surface area contributed by atoms with E-state index in [9.17, 15) is 4.79 Å². The van der Waals surface area contributed by atoms with Gasteiger partial charge in [-0.3, -0.25) is 4.90 Å². The van der Waals surface area contributed by atoms with E-state index in [4.69, 9.17) is 4.74 Å². The fourth-order valence-electron chi connectivity index (χ4n) is 3.11. The summed E-state index contributed by atoms with van der Waals surface area (Å²) in [4.78, 5) is 16.8. The van der Waals surface area contributed by atoms with Gasteiger partial charge in [-0.1, -0.05) is 36.4 Å². The van der Waals surface area contributed by atoms with Gasteiger partial charge in [-0.15, -0.1) is 0 Å². The van der Waals surface area contributed by atoms with Gasteiger partial charge in [0.1, 0.15) is 0 Å². The molecule has 4 heteroatoms. The second-order valence-electron chi connectivity index (χ2n) is 6.58. The molecular weight excluding hydrogens is 312 g/mol. The van der Waals surface area contributed by atoms with E-state index in [0.717, 1.165) is 43.9 Å². The van der Waals surface area contributed by atoms with Crippen LogP contribution in [0, 0.1) is 0 Å². The molecule has 4 nitrogen and oxygen atoms in total. The molecule has 2 aromatic rings. The summed E-state index contributed by atoms with van der Waals surface area (Å²) in [5.74, 6) is -0.268. The number of hydrogen-bond acceptors (Lipinski definition) is 4. The fraction of sp³-hybridized carbons (Fsp3) is 0.381. The number of ether oxygens (including phenoxy) is 1. The van der Waals surface area contributed by atoms with Crippen LogP contribution >= 0.6 is 0 Å². The number of nitrogens with zero attached hydrogens (tertiary/aromatic N) is 2. The minimum absolute atomic E-state index is 0.268. The first-order valence-corrected chi connectivity index (χ1v) is 8.93. The summed E-state index contributed by atoms with van der Waals surface area (Å²) in [5.41, 5.74) is 4.08. The van der Waals surface area contributed by atoms with Crippen molar-refractivity contribution in [3.05, 3.63) is 59.7 Å². The third kappa shape index (κ3) is 4.68. The lowest BCUT2D eigenvalue weighted by atomic mass is 10.0. The number of likely N-dealkylation sites (N-methyl/N-ethyl adjacent to an activating group) is 1. The number of hydrogen-bond donors (Lipinski definition) is 0. The smallest absolute Gasteiger partial charge is 0.338 e. The summed E-state index contributed by atoms with van der Waals surface area (Å²) in [6.45, 7) is 7.74. The van der Waals surface area contributed by atoms with Gasteiger partial charge in [0.15, 0.2) is 0 Å². The predicted octanol–water partition coefficient (Wildman–Crippen LogP) is 3.28. The van der Waals surface area contributed by atoms with Gasteiger partial charge in [0.2, 0.25) is 0 Å². The molecule has 0 bridgehead atoms. The van der Waals surface area contributed by atoms with Gasteiger partial charge in [-0.25, -0.2) is 4.79 Å². The Labute approximate surface area is 150 Å². The largest absolute Gasteiger partial charge is 0.462 e. The maximum atomic E-state index is 11.9. The summed E-state index contributed by atoms with van der Waals surface area (Å²) in [5, 5.41) is 0. The Morgan fingerprint density at radius 3 is 2.40 bits per heavy atom. The minimum Gasteiger partial charge on any atom is -0.462 e. The highest BCUT2D eigenvalue weighted by atomic mass is 16.5. The summed E-state index contributed by atoms with van der Waals surface area (Å²) >= 11 is 0. The van der Waals surface area contributed by atoms with Crippen molar-refractivity contribution in [2.45, 2.75) is 13.5 Å². The van der Waals surface area contributed by atoms with Crippen LogP contribution in [0.25, 0.3) is 11.1 Å². The summed E-state index contributed by atoms with van der Waals surface area (Å²) < 4.78 is 5.08. The molecule has 0 radical (unpaired) electrons. The number of esters is 1. The fourth-order valence-corrected chi connectivity index (χ4v) is 3.11. The van der Waals surface area contributed by atoms with Gasteiger partial charge < -0.3 is 9.64 Å². The number of carbonyl (C=O) groups excluding carboxylic acids is 1. The van der Waals surface area contributed by atoms with E-state index in [0.29, 0.717) is 12.2 Å². The SMILES string of the molecule is CCOC(=O)c1cccc(-c2ccc(CN3CCN(C)CC3)cc2)c1. The lowest BCUT2D eigenvalue weighted by Crippen LogP contribution is -2.43. The molecule has 1 aliphatic heterocycles. The van der Waals surface area contributed by atoms with Gasteiger partial charge in [0.05, 0.1) is 12.2 Å². The maximum absolute atomic E-state index is 11.9. The predicted molar refractivity (Wildman–Crippen MR) is 101 cm³/mol. The Bertz CT molecular complexity index is 704. The molecule has 0 atom stereocenters. The van der Waals surface area contributed by atoms with E-state index in [2.05, 4.69) is 41.1 Å². The molecule has 0 aliphatic carbocycles. The Morgan fingerprint density at radius 2 is 1.72 bits per heavy atom. The molecule has 0 N–H and O–H groups in total. The molecule has 25 heavy (non-hydrogen) atoms. The molecule has 1 saturated heterocycles. The van der Waals surface area contributed by atoms with Gasteiger partial charge in [0.25, 0.3) is 0 Å². The molecule has 0 spiro atoms. The lowest BCUT2D eigenvalue weighted by Gasteiger charge is -2.32. The van der Waals surface area contributed by atoms with E-state index in [1.165, 1.54) is 5.56 Å². The van der Waals surface area contributed by atoms with Crippen molar-refractivity contribution in [3.8, 4) is 11.1 Å². The van der Waals surface area contributed by atoms with Crippen molar-refractivity contribution in [1.29, 1.82) is 0 Å². The summed E-state index contributed by atoms with van der Waals surface area (Å²) in [7, 11) is 2.18. The number of rotatable bonds is 5. The maximum Gasteiger partial charge on any atom is 0.338 e. The third-order valence-corrected chi connectivity index (χ3v) is 4.66. The van der Waals surface area contributed by atoms with E-state index in [1.807, 2.05) is 25.1 Å². The Hall–Kier alpha value is -2.17. The Kier molecular flexibility index (Phi) is 5.84. The van der Waals surface area contributed by atoms with Crippen LogP contribution in [-0.4, -0.2) is 55.6 Å². The molecule has 1 heterocycles. The second kappa shape index (κ2) is 8.28. The average Bonchev–Trinajstić information content (AvgIpc) is 2.65. The standard InChI is InChI=1S/C21H26N2O2/c1-3-25-21(24)20-6-4-5-19(15-20)18-9-7-17(8-10-18)16-23-13-11-22(2)12-14-23/h4-10,15H,3,11-14,16H2,1-2H3. The van der Waals surface area contributed by atoms with Crippen molar-refractivity contribution in [2.24, 2.45) is 0 Å². The minimum atomic E-state index is -0.268. The first kappa shape index (κ1) is 17.6. The Balaban J connectivity index is 1.68. The van der Waals surface area contributed by atoms with Crippen molar-refractivity contribution in [1.82, 2.24) is 9.80 Å². The number of carbonyl (C=O) groups is 1. The highest BCUT2D eigenvalue weighted by Crippen LogP contribution is 2.22. The molecule has 3 rings (SSSR count). The monoisotopic (exact) mass is 338 g/mol. The zero-order chi connectivity index (χ0) is 17.6. The highest BCUT2D eigenvalue weighted by molar-refractivity contribution is 5.91. The van der Waals surface area contributed by atoms with E-state index < -0.39 is 0 Å². The van der Waals surface area contributed by atoms with Gasteiger partial charge >= 0.3 is 5.97 Å². The number of piperazine rings is 1.